The van der Waals surface area contributed by atoms with Crippen LogP contribution in [0.2, 0.25) is 0 Å². The Bertz CT molecular complexity index is 1240. The molecule has 2 aromatic carbocycles. The number of nitrogens with one attached hydrogen (secondary N) is 1. The van der Waals surface area contributed by atoms with Crippen LogP contribution in [0.4, 0.5) is 14.9 Å². The molecule has 0 spiro atoms. The second kappa shape index (κ2) is 10.8. The highest BCUT2D eigenvalue weighted by Gasteiger charge is 2.31. The summed E-state index contributed by atoms with van der Waals surface area (Å²) in [5.41, 5.74) is 4.01. The van der Waals surface area contributed by atoms with Gasteiger partial charge in [-0.2, -0.15) is 0 Å². The Morgan fingerprint density at radius 3 is 2.56 bits per heavy atom. The molecule has 1 fully saturated rings. The molecule has 0 radical (unpaired) electrons. The zero-order valence-electron chi connectivity index (χ0n) is 20.5. The smallest absolute Gasteiger partial charge is 0.321 e. The average Bonchev–Trinajstić information content (AvgIpc) is 3.36. The number of piperazine rings is 1. The number of urea groups is 1. The SMILES string of the molecule is Cc1cccc(NC(=O)N2CCN(C(=O)CCN3CCc4sccc4C3c3cccc(F)c3)CC2)c1. The Morgan fingerprint density at radius 2 is 1.78 bits per heavy atom. The molecule has 1 N–H and O–H groups in total. The Labute approximate surface area is 215 Å². The van der Waals surface area contributed by atoms with Crippen molar-refractivity contribution < 1.29 is 14.0 Å². The van der Waals surface area contributed by atoms with Crippen LogP contribution in [0, 0.1) is 12.7 Å². The zero-order valence-corrected chi connectivity index (χ0v) is 21.3. The number of benzene rings is 2. The maximum absolute atomic E-state index is 14.0. The highest BCUT2D eigenvalue weighted by atomic mass is 32.1. The van der Waals surface area contributed by atoms with Crippen LogP contribution in [0.5, 0.6) is 0 Å². The van der Waals surface area contributed by atoms with Crippen molar-refractivity contribution in [3.63, 3.8) is 0 Å². The fourth-order valence-electron chi connectivity index (χ4n) is 5.16. The summed E-state index contributed by atoms with van der Waals surface area (Å²) in [5, 5.41) is 5.04. The minimum Gasteiger partial charge on any atom is -0.339 e. The molecule has 3 amide bonds. The Kier molecular flexibility index (Phi) is 7.34. The van der Waals surface area contributed by atoms with E-state index in [0.29, 0.717) is 39.1 Å². The van der Waals surface area contributed by atoms with Crippen molar-refractivity contribution in [1.82, 2.24) is 14.7 Å². The number of amides is 3. The number of rotatable bonds is 5. The predicted octanol–water partition coefficient (Wildman–Crippen LogP) is 4.91. The normalized spacial score (nSPS) is 18.1. The van der Waals surface area contributed by atoms with E-state index < -0.39 is 0 Å². The standard InChI is InChI=1S/C28H31FN4O2S/c1-20-4-2-7-23(18-20)30-28(35)33-15-13-31(14-16-33)26(34)9-12-32-11-8-25-24(10-17-36-25)27(32)21-5-3-6-22(29)19-21/h2-7,10,17-19,27H,8-9,11-16H2,1H3,(H,30,35). The van der Waals surface area contributed by atoms with Crippen molar-refractivity contribution in [1.29, 1.82) is 0 Å². The fraction of sp³-hybridized carbons (Fsp3) is 0.357. The molecular weight excluding hydrogens is 475 g/mol. The molecule has 3 heterocycles. The Balaban J connectivity index is 1.16. The molecule has 0 saturated carbocycles. The Hall–Kier alpha value is -3.23. The summed E-state index contributed by atoms with van der Waals surface area (Å²) < 4.78 is 14.0. The fourth-order valence-corrected chi connectivity index (χ4v) is 6.06. The third-order valence-electron chi connectivity index (χ3n) is 7.03. The second-order valence-electron chi connectivity index (χ2n) is 9.46. The molecule has 6 nitrogen and oxygen atoms in total. The van der Waals surface area contributed by atoms with Crippen molar-refractivity contribution in [2.45, 2.75) is 25.8 Å². The second-order valence-corrected chi connectivity index (χ2v) is 10.5. The first-order valence-electron chi connectivity index (χ1n) is 12.4. The predicted molar refractivity (Wildman–Crippen MR) is 141 cm³/mol. The number of carbonyl (C=O) groups is 2. The molecule has 1 aromatic heterocycles. The van der Waals surface area contributed by atoms with Crippen molar-refractivity contribution in [3.05, 3.63) is 87.4 Å². The minimum absolute atomic E-state index is 0.0364. The van der Waals surface area contributed by atoms with Gasteiger partial charge in [0.15, 0.2) is 0 Å². The van der Waals surface area contributed by atoms with Crippen molar-refractivity contribution in [2.75, 3.05) is 44.6 Å². The van der Waals surface area contributed by atoms with Crippen LogP contribution in [-0.4, -0.2) is 65.9 Å². The van der Waals surface area contributed by atoms with Crippen LogP contribution in [-0.2, 0) is 11.2 Å². The van der Waals surface area contributed by atoms with Gasteiger partial charge in [-0.05, 0) is 65.7 Å². The van der Waals surface area contributed by atoms with Gasteiger partial charge in [0.25, 0.3) is 0 Å². The first-order chi connectivity index (χ1) is 17.5. The maximum Gasteiger partial charge on any atom is 0.321 e. The molecule has 5 rings (SSSR count). The molecule has 2 aliphatic heterocycles. The van der Waals surface area contributed by atoms with E-state index in [0.717, 1.165) is 29.8 Å². The number of carbonyl (C=O) groups excluding carboxylic acids is 2. The lowest BCUT2D eigenvalue weighted by molar-refractivity contribution is -0.133. The van der Waals surface area contributed by atoms with Gasteiger partial charge in [-0.15, -0.1) is 11.3 Å². The highest BCUT2D eigenvalue weighted by Crippen LogP contribution is 2.38. The van der Waals surface area contributed by atoms with Crippen molar-refractivity contribution in [2.24, 2.45) is 0 Å². The number of halogens is 1. The van der Waals surface area contributed by atoms with E-state index in [9.17, 15) is 14.0 Å². The number of thiophene rings is 1. The lowest BCUT2D eigenvalue weighted by atomic mass is 9.93. The van der Waals surface area contributed by atoms with Crippen LogP contribution >= 0.6 is 11.3 Å². The molecule has 3 aromatic rings. The topological polar surface area (TPSA) is 55.9 Å². The summed E-state index contributed by atoms with van der Waals surface area (Å²) in [7, 11) is 0. The molecule has 36 heavy (non-hydrogen) atoms. The van der Waals surface area contributed by atoms with Gasteiger partial charge in [0.05, 0.1) is 6.04 Å². The number of hydrogen-bond donors (Lipinski definition) is 1. The van der Waals surface area contributed by atoms with Crippen LogP contribution < -0.4 is 5.32 Å². The van der Waals surface area contributed by atoms with E-state index in [1.54, 1.807) is 28.4 Å². The third kappa shape index (κ3) is 5.44. The molecule has 1 unspecified atom stereocenters. The molecule has 188 valence electrons. The van der Waals surface area contributed by atoms with Gasteiger partial charge < -0.3 is 15.1 Å². The van der Waals surface area contributed by atoms with Gasteiger partial charge in [0, 0.05) is 56.3 Å². The van der Waals surface area contributed by atoms with Crippen molar-refractivity contribution in [3.8, 4) is 0 Å². The van der Waals surface area contributed by atoms with Gasteiger partial charge in [-0.3, -0.25) is 9.69 Å². The van der Waals surface area contributed by atoms with Gasteiger partial charge in [-0.25, -0.2) is 9.18 Å². The summed E-state index contributed by atoms with van der Waals surface area (Å²) in [4.78, 5) is 33.0. The number of aryl methyl sites for hydroxylation is 1. The van der Waals surface area contributed by atoms with Crippen molar-refractivity contribution >= 4 is 29.0 Å². The largest absolute Gasteiger partial charge is 0.339 e. The summed E-state index contributed by atoms with van der Waals surface area (Å²) in [6.45, 7) is 5.53. The summed E-state index contributed by atoms with van der Waals surface area (Å²) in [6.07, 6.45) is 1.35. The van der Waals surface area contributed by atoms with E-state index in [1.807, 2.05) is 42.2 Å². The van der Waals surface area contributed by atoms with E-state index in [4.69, 9.17) is 0 Å². The zero-order chi connectivity index (χ0) is 25.1. The lowest BCUT2D eigenvalue weighted by Gasteiger charge is -2.38. The summed E-state index contributed by atoms with van der Waals surface area (Å²) in [6, 6.07) is 16.5. The van der Waals surface area contributed by atoms with E-state index >= 15 is 0 Å². The third-order valence-corrected chi connectivity index (χ3v) is 8.03. The average molecular weight is 507 g/mol. The van der Waals surface area contributed by atoms with E-state index in [2.05, 4.69) is 21.7 Å². The van der Waals surface area contributed by atoms with Gasteiger partial charge in [0.2, 0.25) is 5.91 Å². The molecule has 8 heteroatoms. The van der Waals surface area contributed by atoms with Gasteiger partial charge in [-0.1, -0.05) is 24.3 Å². The maximum atomic E-state index is 14.0. The summed E-state index contributed by atoms with van der Waals surface area (Å²) >= 11 is 1.75. The lowest BCUT2D eigenvalue weighted by Crippen LogP contribution is -2.52. The molecular formula is C28H31FN4O2S. The van der Waals surface area contributed by atoms with E-state index in [1.165, 1.54) is 16.5 Å². The van der Waals surface area contributed by atoms with Gasteiger partial charge in [0.1, 0.15) is 5.82 Å². The number of anilines is 1. The quantitative estimate of drug-likeness (QED) is 0.535. The van der Waals surface area contributed by atoms with Gasteiger partial charge >= 0.3 is 6.03 Å². The molecule has 0 aliphatic carbocycles. The van der Waals surface area contributed by atoms with Crippen LogP contribution in [0.1, 0.15) is 34.0 Å². The first-order valence-corrected chi connectivity index (χ1v) is 13.3. The number of fused-ring (bicyclic) bond motifs is 1. The molecule has 2 aliphatic rings. The minimum atomic E-state index is -0.241. The number of nitrogens with zero attached hydrogens (tertiary/aromatic N) is 3. The van der Waals surface area contributed by atoms with Crippen LogP contribution in [0.25, 0.3) is 0 Å². The molecule has 0 bridgehead atoms. The van der Waals surface area contributed by atoms with E-state index in [-0.39, 0.29) is 23.8 Å². The number of hydrogen-bond acceptors (Lipinski definition) is 4. The van der Waals surface area contributed by atoms with Crippen LogP contribution in [0.3, 0.4) is 0 Å². The van der Waals surface area contributed by atoms with Crippen LogP contribution in [0.15, 0.2) is 60.0 Å². The molecule has 1 saturated heterocycles. The summed E-state index contributed by atoms with van der Waals surface area (Å²) in [5.74, 6) is -0.141. The Morgan fingerprint density at radius 1 is 1.00 bits per heavy atom. The first kappa shape index (κ1) is 24.5. The monoisotopic (exact) mass is 506 g/mol. The molecule has 1 atom stereocenters. The highest BCUT2D eigenvalue weighted by molar-refractivity contribution is 7.10.